The van der Waals surface area contributed by atoms with Crippen molar-refractivity contribution in [1.82, 2.24) is 10.6 Å². The van der Waals surface area contributed by atoms with E-state index < -0.39 is 0 Å². The summed E-state index contributed by atoms with van der Waals surface area (Å²) in [6.07, 6.45) is 1.82. The van der Waals surface area contributed by atoms with Gasteiger partial charge in [-0.05, 0) is 18.6 Å². The number of ether oxygens (including phenoxy) is 1. The molecule has 1 rings (SSSR count). The minimum atomic E-state index is 0.297. The van der Waals surface area contributed by atoms with Gasteiger partial charge in [-0.3, -0.25) is 4.99 Å². The number of aliphatic imine (C=N–C) groups is 1. The molecule has 0 radical (unpaired) electrons. The van der Waals surface area contributed by atoms with Crippen molar-refractivity contribution in [3.05, 3.63) is 42.5 Å². The van der Waals surface area contributed by atoms with Gasteiger partial charge in [-0.2, -0.15) is 0 Å². The third-order valence-electron chi connectivity index (χ3n) is 2.95. The van der Waals surface area contributed by atoms with Gasteiger partial charge in [0, 0.05) is 25.6 Å². The second kappa shape index (κ2) is 9.02. The average Bonchev–Trinajstić information content (AvgIpc) is 2.49. The predicted molar refractivity (Wildman–Crippen MR) is 85.6 cm³/mol. The maximum Gasteiger partial charge on any atom is 0.191 e. The van der Waals surface area contributed by atoms with E-state index in [2.05, 4.69) is 42.1 Å². The summed E-state index contributed by atoms with van der Waals surface area (Å²) in [5.74, 6) is 2.03. The van der Waals surface area contributed by atoms with Crippen LogP contribution in [-0.2, 0) is 0 Å². The summed E-state index contributed by atoms with van der Waals surface area (Å²) in [6.45, 7) is 10.1. The molecule has 0 aliphatic heterocycles. The molecule has 1 aromatic carbocycles. The summed E-state index contributed by atoms with van der Waals surface area (Å²) in [6, 6.07) is 8.08. The fourth-order valence-electron chi connectivity index (χ4n) is 1.91. The van der Waals surface area contributed by atoms with E-state index in [1.165, 1.54) is 5.56 Å². The lowest BCUT2D eigenvalue weighted by Gasteiger charge is -2.15. The molecule has 4 nitrogen and oxygen atoms in total. The van der Waals surface area contributed by atoms with Crippen molar-refractivity contribution in [1.29, 1.82) is 0 Å². The molecule has 2 N–H and O–H groups in total. The van der Waals surface area contributed by atoms with Crippen LogP contribution in [0.15, 0.2) is 41.9 Å². The first-order valence-electron chi connectivity index (χ1n) is 6.98. The number of nitrogens with zero attached hydrogens (tertiary/aromatic N) is 1. The molecule has 0 saturated carbocycles. The Bertz CT molecular complexity index is 443. The van der Waals surface area contributed by atoms with Crippen molar-refractivity contribution in [2.75, 3.05) is 26.7 Å². The molecule has 0 spiro atoms. The molecular formula is C16H25N3O. The lowest BCUT2D eigenvalue weighted by molar-refractivity contribution is 0.407. The monoisotopic (exact) mass is 275 g/mol. The van der Waals surface area contributed by atoms with Crippen LogP contribution >= 0.6 is 0 Å². The number of para-hydroxylation sites is 1. The van der Waals surface area contributed by atoms with E-state index in [-0.39, 0.29) is 0 Å². The van der Waals surface area contributed by atoms with E-state index in [1.54, 1.807) is 7.11 Å². The first-order chi connectivity index (χ1) is 9.72. The normalized spacial score (nSPS) is 12.7. The Kier molecular flexibility index (Phi) is 7.25. The number of rotatable bonds is 7. The van der Waals surface area contributed by atoms with Crippen LogP contribution < -0.4 is 15.4 Å². The standard InChI is InChI=1S/C16H25N3O/c1-5-11-18-16(17-6-2)19-12-13(3)14-9-7-8-10-15(14)20-4/h5,7-10,13H,1,6,11-12H2,2-4H3,(H2,17,18,19). The smallest absolute Gasteiger partial charge is 0.191 e. The molecule has 0 aliphatic carbocycles. The molecule has 0 amide bonds. The SMILES string of the molecule is C=CCNC(=NCC(C)c1ccccc1OC)NCC. The Balaban J connectivity index is 2.71. The van der Waals surface area contributed by atoms with Crippen molar-refractivity contribution >= 4 is 5.96 Å². The van der Waals surface area contributed by atoms with Gasteiger partial charge in [-0.1, -0.05) is 31.2 Å². The summed E-state index contributed by atoms with van der Waals surface area (Å²) < 4.78 is 5.39. The van der Waals surface area contributed by atoms with Crippen molar-refractivity contribution in [2.24, 2.45) is 4.99 Å². The first-order valence-corrected chi connectivity index (χ1v) is 6.98. The van der Waals surface area contributed by atoms with Crippen LogP contribution in [0.4, 0.5) is 0 Å². The highest BCUT2D eigenvalue weighted by atomic mass is 16.5. The van der Waals surface area contributed by atoms with Gasteiger partial charge in [0.05, 0.1) is 7.11 Å². The van der Waals surface area contributed by atoms with E-state index in [9.17, 15) is 0 Å². The lowest BCUT2D eigenvalue weighted by atomic mass is 10.0. The van der Waals surface area contributed by atoms with Gasteiger partial charge in [0.15, 0.2) is 5.96 Å². The van der Waals surface area contributed by atoms with Crippen molar-refractivity contribution in [3.8, 4) is 5.75 Å². The molecule has 0 aromatic heterocycles. The van der Waals surface area contributed by atoms with Crippen molar-refractivity contribution < 1.29 is 4.74 Å². The summed E-state index contributed by atoms with van der Waals surface area (Å²) >= 11 is 0. The van der Waals surface area contributed by atoms with Crippen molar-refractivity contribution in [2.45, 2.75) is 19.8 Å². The molecule has 4 heteroatoms. The molecule has 1 atom stereocenters. The number of methoxy groups -OCH3 is 1. The van der Waals surface area contributed by atoms with Crippen LogP contribution in [0, 0.1) is 0 Å². The quantitative estimate of drug-likeness (QED) is 0.457. The third-order valence-corrected chi connectivity index (χ3v) is 2.95. The maximum absolute atomic E-state index is 5.39. The molecule has 1 aromatic rings. The number of nitrogens with one attached hydrogen (secondary N) is 2. The molecule has 0 saturated heterocycles. The first kappa shape index (κ1) is 16.1. The van der Waals surface area contributed by atoms with Crippen LogP contribution in [0.25, 0.3) is 0 Å². The Labute approximate surface area is 121 Å². The second-order valence-electron chi connectivity index (χ2n) is 4.53. The fourth-order valence-corrected chi connectivity index (χ4v) is 1.91. The van der Waals surface area contributed by atoms with Crippen LogP contribution in [-0.4, -0.2) is 32.7 Å². The zero-order valence-corrected chi connectivity index (χ0v) is 12.6. The van der Waals surface area contributed by atoms with Gasteiger partial charge in [0.25, 0.3) is 0 Å². The summed E-state index contributed by atoms with van der Waals surface area (Å²) in [7, 11) is 1.70. The van der Waals surface area contributed by atoms with Gasteiger partial charge < -0.3 is 15.4 Å². The van der Waals surface area contributed by atoms with E-state index in [4.69, 9.17) is 4.74 Å². The number of guanidine groups is 1. The Morgan fingerprint density at radius 2 is 2.15 bits per heavy atom. The predicted octanol–water partition coefficient (Wildman–Crippen LogP) is 2.54. The summed E-state index contributed by atoms with van der Waals surface area (Å²) in [5.41, 5.74) is 1.18. The summed E-state index contributed by atoms with van der Waals surface area (Å²) in [5, 5.41) is 6.41. The van der Waals surface area contributed by atoms with Gasteiger partial charge in [-0.25, -0.2) is 0 Å². The second-order valence-corrected chi connectivity index (χ2v) is 4.53. The molecular weight excluding hydrogens is 250 g/mol. The number of benzene rings is 1. The highest BCUT2D eigenvalue weighted by Gasteiger charge is 2.10. The average molecular weight is 275 g/mol. The van der Waals surface area contributed by atoms with Gasteiger partial charge in [-0.15, -0.1) is 6.58 Å². The fraction of sp³-hybridized carbons (Fsp3) is 0.438. The van der Waals surface area contributed by atoms with E-state index >= 15 is 0 Å². The molecule has 0 aliphatic rings. The highest BCUT2D eigenvalue weighted by molar-refractivity contribution is 5.79. The lowest BCUT2D eigenvalue weighted by Crippen LogP contribution is -2.37. The molecule has 0 heterocycles. The van der Waals surface area contributed by atoms with Gasteiger partial charge >= 0.3 is 0 Å². The van der Waals surface area contributed by atoms with Gasteiger partial charge in [0.1, 0.15) is 5.75 Å². The van der Waals surface area contributed by atoms with Crippen LogP contribution in [0.1, 0.15) is 25.3 Å². The van der Waals surface area contributed by atoms with E-state index in [1.807, 2.05) is 24.3 Å². The molecule has 110 valence electrons. The molecule has 0 bridgehead atoms. The van der Waals surface area contributed by atoms with Crippen molar-refractivity contribution in [3.63, 3.8) is 0 Å². The van der Waals surface area contributed by atoms with E-state index in [0.717, 1.165) is 18.3 Å². The molecule has 20 heavy (non-hydrogen) atoms. The van der Waals surface area contributed by atoms with E-state index in [0.29, 0.717) is 19.0 Å². The Morgan fingerprint density at radius 3 is 2.80 bits per heavy atom. The highest BCUT2D eigenvalue weighted by Crippen LogP contribution is 2.26. The molecule has 1 unspecified atom stereocenters. The largest absolute Gasteiger partial charge is 0.496 e. The zero-order chi connectivity index (χ0) is 14.8. The van der Waals surface area contributed by atoms with Crippen LogP contribution in [0.5, 0.6) is 5.75 Å². The van der Waals surface area contributed by atoms with Crippen LogP contribution in [0.2, 0.25) is 0 Å². The molecule has 0 fully saturated rings. The Hall–Kier alpha value is -1.97. The van der Waals surface area contributed by atoms with Crippen LogP contribution in [0.3, 0.4) is 0 Å². The topological polar surface area (TPSA) is 45.7 Å². The number of hydrogen-bond acceptors (Lipinski definition) is 2. The minimum Gasteiger partial charge on any atom is -0.496 e. The summed E-state index contributed by atoms with van der Waals surface area (Å²) in [4.78, 5) is 4.59. The third kappa shape index (κ3) is 4.96. The number of hydrogen-bond donors (Lipinski definition) is 2. The Morgan fingerprint density at radius 1 is 1.40 bits per heavy atom. The zero-order valence-electron chi connectivity index (χ0n) is 12.6. The maximum atomic E-state index is 5.39. The van der Waals surface area contributed by atoms with Gasteiger partial charge in [0.2, 0.25) is 0 Å². The minimum absolute atomic E-state index is 0.297.